The van der Waals surface area contributed by atoms with Crippen LogP contribution in [0.15, 0.2) is 46.5 Å². The first kappa shape index (κ1) is 21.7. The van der Waals surface area contributed by atoms with E-state index < -0.39 is 17.8 Å². The Morgan fingerprint density at radius 2 is 1.84 bits per heavy atom. The van der Waals surface area contributed by atoms with E-state index in [0.717, 1.165) is 48.7 Å². The summed E-state index contributed by atoms with van der Waals surface area (Å²) in [6.07, 6.45) is 6.97. The SMILES string of the molecule is CCc1ccccc1NC(=O)CN1C(=O)N/C(=C/c2ccc(N3CCCCCC3)o2)C1=O. The van der Waals surface area contributed by atoms with Crippen LogP contribution in [-0.2, 0) is 16.0 Å². The smallest absolute Gasteiger partial charge is 0.329 e. The van der Waals surface area contributed by atoms with E-state index in [1.54, 1.807) is 12.1 Å². The molecular weight excluding hydrogens is 408 g/mol. The largest absolute Gasteiger partial charge is 0.441 e. The lowest BCUT2D eigenvalue weighted by Crippen LogP contribution is -2.38. The molecule has 0 unspecified atom stereocenters. The normalized spacial score (nSPS) is 18.1. The zero-order valence-electron chi connectivity index (χ0n) is 18.2. The molecule has 0 atom stereocenters. The molecule has 2 aliphatic rings. The van der Waals surface area contributed by atoms with Crippen LogP contribution in [0.4, 0.5) is 16.4 Å². The molecule has 32 heavy (non-hydrogen) atoms. The van der Waals surface area contributed by atoms with Gasteiger partial charge in [-0.3, -0.25) is 9.59 Å². The molecule has 2 saturated heterocycles. The van der Waals surface area contributed by atoms with Gasteiger partial charge in [-0.2, -0.15) is 0 Å². The van der Waals surface area contributed by atoms with E-state index in [4.69, 9.17) is 4.42 Å². The van der Waals surface area contributed by atoms with E-state index in [9.17, 15) is 14.4 Å². The number of para-hydroxylation sites is 1. The number of nitrogens with zero attached hydrogens (tertiary/aromatic N) is 2. The molecule has 0 saturated carbocycles. The van der Waals surface area contributed by atoms with Gasteiger partial charge in [0.15, 0.2) is 5.88 Å². The van der Waals surface area contributed by atoms with E-state index in [1.165, 1.54) is 18.9 Å². The summed E-state index contributed by atoms with van der Waals surface area (Å²) in [6, 6.07) is 10.5. The van der Waals surface area contributed by atoms with Crippen molar-refractivity contribution >= 4 is 35.5 Å². The summed E-state index contributed by atoms with van der Waals surface area (Å²) in [5, 5.41) is 5.32. The number of benzene rings is 1. The van der Waals surface area contributed by atoms with Crippen LogP contribution in [0.1, 0.15) is 43.9 Å². The molecule has 3 heterocycles. The Balaban J connectivity index is 1.41. The first-order chi connectivity index (χ1) is 15.5. The number of urea groups is 1. The molecule has 2 aliphatic heterocycles. The molecule has 0 spiro atoms. The van der Waals surface area contributed by atoms with Crippen molar-refractivity contribution in [3.05, 3.63) is 53.4 Å². The van der Waals surface area contributed by atoms with Crippen molar-refractivity contribution < 1.29 is 18.8 Å². The van der Waals surface area contributed by atoms with Crippen molar-refractivity contribution in [1.29, 1.82) is 0 Å². The number of anilines is 2. The molecule has 1 aromatic carbocycles. The van der Waals surface area contributed by atoms with Crippen LogP contribution in [0, 0.1) is 0 Å². The summed E-state index contributed by atoms with van der Waals surface area (Å²) < 4.78 is 5.89. The molecule has 4 amide bonds. The number of furan rings is 1. The van der Waals surface area contributed by atoms with E-state index in [1.807, 2.05) is 31.2 Å². The minimum atomic E-state index is -0.625. The van der Waals surface area contributed by atoms with Crippen molar-refractivity contribution in [3.8, 4) is 0 Å². The predicted octanol–water partition coefficient (Wildman–Crippen LogP) is 3.75. The fraction of sp³-hybridized carbons (Fsp3) is 0.375. The second-order valence-corrected chi connectivity index (χ2v) is 8.02. The average molecular weight is 437 g/mol. The lowest BCUT2D eigenvalue weighted by molar-refractivity contribution is -0.127. The number of hydrogen-bond donors (Lipinski definition) is 2. The summed E-state index contributed by atoms with van der Waals surface area (Å²) in [5.74, 6) is 0.260. The number of rotatable bonds is 6. The minimum absolute atomic E-state index is 0.0912. The highest BCUT2D eigenvalue weighted by Crippen LogP contribution is 2.24. The summed E-state index contributed by atoms with van der Waals surface area (Å²) in [6.45, 7) is 3.52. The minimum Gasteiger partial charge on any atom is -0.441 e. The fourth-order valence-electron chi connectivity index (χ4n) is 4.02. The Morgan fingerprint density at radius 3 is 2.59 bits per heavy atom. The maximum atomic E-state index is 12.7. The molecule has 0 aliphatic carbocycles. The van der Waals surface area contributed by atoms with E-state index >= 15 is 0 Å². The molecule has 2 N–H and O–H groups in total. The molecule has 2 fully saturated rings. The van der Waals surface area contributed by atoms with Gasteiger partial charge in [0, 0.05) is 30.9 Å². The quantitative estimate of drug-likeness (QED) is 0.531. The van der Waals surface area contributed by atoms with Crippen LogP contribution in [0.3, 0.4) is 0 Å². The van der Waals surface area contributed by atoms with Gasteiger partial charge in [0.2, 0.25) is 5.91 Å². The number of carbonyl (C=O) groups excluding carboxylic acids is 3. The number of hydrogen-bond acceptors (Lipinski definition) is 5. The molecule has 168 valence electrons. The first-order valence-corrected chi connectivity index (χ1v) is 11.1. The maximum absolute atomic E-state index is 12.7. The third-order valence-electron chi connectivity index (χ3n) is 5.75. The van der Waals surface area contributed by atoms with Crippen LogP contribution in [0.25, 0.3) is 6.08 Å². The van der Waals surface area contributed by atoms with Gasteiger partial charge in [-0.15, -0.1) is 0 Å². The van der Waals surface area contributed by atoms with E-state index in [2.05, 4.69) is 15.5 Å². The number of carbonyl (C=O) groups is 3. The van der Waals surface area contributed by atoms with Crippen LogP contribution in [-0.4, -0.2) is 42.4 Å². The highest BCUT2D eigenvalue weighted by molar-refractivity contribution is 6.15. The van der Waals surface area contributed by atoms with Crippen LogP contribution < -0.4 is 15.5 Å². The lowest BCUT2D eigenvalue weighted by Gasteiger charge is -2.18. The summed E-state index contributed by atoms with van der Waals surface area (Å²) in [7, 11) is 0. The number of aryl methyl sites for hydroxylation is 1. The van der Waals surface area contributed by atoms with Crippen LogP contribution in [0.5, 0.6) is 0 Å². The zero-order valence-corrected chi connectivity index (χ0v) is 18.2. The predicted molar refractivity (Wildman–Crippen MR) is 122 cm³/mol. The number of amides is 4. The van der Waals surface area contributed by atoms with Crippen molar-refractivity contribution in [3.63, 3.8) is 0 Å². The highest BCUT2D eigenvalue weighted by Gasteiger charge is 2.35. The van der Waals surface area contributed by atoms with Crippen molar-refractivity contribution in [2.24, 2.45) is 0 Å². The second kappa shape index (κ2) is 9.72. The Kier molecular flexibility index (Phi) is 6.58. The van der Waals surface area contributed by atoms with Gasteiger partial charge in [0.25, 0.3) is 5.91 Å². The Hall–Kier alpha value is -3.55. The third-order valence-corrected chi connectivity index (χ3v) is 5.75. The second-order valence-electron chi connectivity index (χ2n) is 8.02. The van der Waals surface area contributed by atoms with Crippen molar-refractivity contribution in [1.82, 2.24) is 10.2 Å². The molecule has 0 radical (unpaired) electrons. The number of imide groups is 1. The van der Waals surface area contributed by atoms with Gasteiger partial charge in [-0.25, -0.2) is 9.69 Å². The fourth-order valence-corrected chi connectivity index (χ4v) is 4.02. The van der Waals surface area contributed by atoms with Gasteiger partial charge < -0.3 is 20.0 Å². The third kappa shape index (κ3) is 4.85. The van der Waals surface area contributed by atoms with Gasteiger partial charge in [-0.1, -0.05) is 38.0 Å². The van der Waals surface area contributed by atoms with Gasteiger partial charge in [0.1, 0.15) is 18.0 Å². The molecule has 0 bridgehead atoms. The molecule has 8 nitrogen and oxygen atoms in total. The average Bonchev–Trinajstić information content (AvgIpc) is 3.22. The van der Waals surface area contributed by atoms with Gasteiger partial charge >= 0.3 is 6.03 Å². The van der Waals surface area contributed by atoms with Gasteiger partial charge in [0.05, 0.1) is 0 Å². The van der Waals surface area contributed by atoms with Crippen LogP contribution >= 0.6 is 0 Å². The van der Waals surface area contributed by atoms with Crippen molar-refractivity contribution in [2.75, 3.05) is 29.9 Å². The monoisotopic (exact) mass is 436 g/mol. The van der Waals surface area contributed by atoms with Crippen molar-refractivity contribution in [2.45, 2.75) is 39.0 Å². The molecule has 8 heteroatoms. The maximum Gasteiger partial charge on any atom is 0.329 e. The zero-order chi connectivity index (χ0) is 22.5. The summed E-state index contributed by atoms with van der Waals surface area (Å²) in [5.41, 5.74) is 1.75. The topological polar surface area (TPSA) is 94.9 Å². The van der Waals surface area contributed by atoms with Crippen LogP contribution in [0.2, 0.25) is 0 Å². The Labute approximate surface area is 187 Å². The van der Waals surface area contributed by atoms with Gasteiger partial charge in [-0.05, 0) is 37.0 Å². The molecule has 1 aromatic heterocycles. The standard InChI is InChI=1S/C24H28N4O4/c1-2-17-9-5-6-10-19(17)25-21(29)16-28-23(30)20(26-24(28)31)15-18-11-12-22(32-18)27-13-7-3-4-8-14-27/h5-6,9-12,15H,2-4,7-8,13-14,16H2,1H3,(H,25,29)(H,26,31)/b20-15+. The molecular formula is C24H28N4O4. The summed E-state index contributed by atoms with van der Waals surface area (Å²) in [4.78, 5) is 40.6. The summed E-state index contributed by atoms with van der Waals surface area (Å²) >= 11 is 0. The van der Waals surface area contributed by atoms with E-state index in [0.29, 0.717) is 11.4 Å². The van der Waals surface area contributed by atoms with E-state index in [-0.39, 0.29) is 12.2 Å². The Bertz CT molecular complexity index is 1030. The molecule has 2 aromatic rings. The highest BCUT2D eigenvalue weighted by atomic mass is 16.4. The lowest BCUT2D eigenvalue weighted by atomic mass is 10.1. The molecule has 4 rings (SSSR count). The Morgan fingerprint density at radius 1 is 1.09 bits per heavy atom. The number of nitrogens with one attached hydrogen (secondary N) is 2. The first-order valence-electron chi connectivity index (χ1n) is 11.1.